The molecule has 1 fully saturated rings. The minimum Gasteiger partial charge on any atom is -0.325 e. The van der Waals surface area contributed by atoms with Crippen LogP contribution in [0.3, 0.4) is 0 Å². The molecule has 3 aromatic rings. The van der Waals surface area contributed by atoms with E-state index in [1.54, 1.807) is 31.5 Å². The molecule has 8 heteroatoms. The second-order valence-electron chi connectivity index (χ2n) is 6.44. The van der Waals surface area contributed by atoms with Crippen LogP contribution in [0.4, 0.5) is 10.1 Å². The number of nitrogens with one attached hydrogen (secondary N) is 1. The second kappa shape index (κ2) is 7.48. The number of nitrogens with zero attached hydrogens (tertiary/aromatic N) is 4. The molecule has 1 amide bonds. The molecule has 138 valence electrons. The molecule has 27 heavy (non-hydrogen) atoms. The highest BCUT2D eigenvalue weighted by Gasteiger charge is 2.30. The normalized spacial score (nSPS) is 13.6. The number of aromatic nitrogens is 4. The molecule has 0 bridgehead atoms. The average Bonchev–Trinajstić information content (AvgIpc) is 3.43. The number of amides is 1. The summed E-state index contributed by atoms with van der Waals surface area (Å²) in [6.45, 7) is 1.68. The molecule has 6 nitrogen and oxygen atoms in total. The first-order valence-corrected chi connectivity index (χ1v) is 9.64. The van der Waals surface area contributed by atoms with Gasteiger partial charge in [0.05, 0.1) is 5.75 Å². The summed E-state index contributed by atoms with van der Waals surface area (Å²) < 4.78 is 15.7. The number of hydrogen-bond donors (Lipinski definition) is 1. The van der Waals surface area contributed by atoms with Gasteiger partial charge in [0.1, 0.15) is 5.82 Å². The quantitative estimate of drug-likeness (QED) is 0.655. The maximum Gasteiger partial charge on any atom is 0.234 e. The first-order chi connectivity index (χ1) is 13.1. The summed E-state index contributed by atoms with van der Waals surface area (Å²) in [7, 11) is 0. The van der Waals surface area contributed by atoms with Crippen LogP contribution in [0.1, 0.15) is 24.4 Å². The zero-order valence-corrected chi connectivity index (χ0v) is 15.5. The molecule has 1 aliphatic rings. The van der Waals surface area contributed by atoms with Gasteiger partial charge in [0.15, 0.2) is 11.0 Å². The molecule has 1 saturated carbocycles. The zero-order chi connectivity index (χ0) is 18.8. The van der Waals surface area contributed by atoms with Crippen LogP contribution in [-0.2, 0) is 4.79 Å². The summed E-state index contributed by atoms with van der Waals surface area (Å²) in [6, 6.07) is 8.83. The third-order valence-corrected chi connectivity index (χ3v) is 5.25. The lowest BCUT2D eigenvalue weighted by atomic mass is 10.2. The largest absolute Gasteiger partial charge is 0.325 e. The predicted molar refractivity (Wildman–Crippen MR) is 102 cm³/mol. The Kier molecular flexibility index (Phi) is 4.89. The lowest BCUT2D eigenvalue weighted by Gasteiger charge is -2.09. The number of aryl methyl sites for hydroxylation is 1. The van der Waals surface area contributed by atoms with Gasteiger partial charge < -0.3 is 5.32 Å². The summed E-state index contributed by atoms with van der Waals surface area (Å²) in [5.74, 6) is 0.426. The van der Waals surface area contributed by atoms with Crippen LogP contribution < -0.4 is 5.32 Å². The number of thioether (sulfide) groups is 1. The van der Waals surface area contributed by atoms with E-state index in [1.807, 2.05) is 12.1 Å². The highest BCUT2D eigenvalue weighted by atomic mass is 32.2. The Hall–Kier alpha value is -2.74. The predicted octanol–water partition coefficient (Wildman–Crippen LogP) is 3.85. The van der Waals surface area contributed by atoms with Crippen molar-refractivity contribution in [3.8, 4) is 11.4 Å². The maximum absolute atomic E-state index is 13.6. The highest BCUT2D eigenvalue weighted by molar-refractivity contribution is 7.99. The van der Waals surface area contributed by atoms with Gasteiger partial charge in [-0.1, -0.05) is 17.8 Å². The third kappa shape index (κ3) is 4.00. The Morgan fingerprint density at radius 2 is 2.04 bits per heavy atom. The summed E-state index contributed by atoms with van der Waals surface area (Å²) in [5, 5.41) is 12.0. The van der Waals surface area contributed by atoms with Crippen LogP contribution in [0.2, 0.25) is 0 Å². The summed E-state index contributed by atoms with van der Waals surface area (Å²) >= 11 is 1.33. The molecular formula is C19H18FN5OS. The Morgan fingerprint density at radius 3 is 2.74 bits per heavy atom. The Labute approximate surface area is 160 Å². The van der Waals surface area contributed by atoms with Crippen molar-refractivity contribution in [3.05, 3.63) is 54.1 Å². The van der Waals surface area contributed by atoms with Gasteiger partial charge >= 0.3 is 0 Å². The van der Waals surface area contributed by atoms with Crippen molar-refractivity contribution in [2.75, 3.05) is 11.1 Å². The van der Waals surface area contributed by atoms with Gasteiger partial charge in [0, 0.05) is 29.7 Å². The van der Waals surface area contributed by atoms with Gasteiger partial charge in [-0.05, 0) is 49.6 Å². The van der Waals surface area contributed by atoms with Crippen molar-refractivity contribution < 1.29 is 9.18 Å². The Morgan fingerprint density at radius 1 is 1.26 bits per heavy atom. The first-order valence-electron chi connectivity index (χ1n) is 8.66. The van der Waals surface area contributed by atoms with Crippen molar-refractivity contribution >= 4 is 23.4 Å². The van der Waals surface area contributed by atoms with Crippen LogP contribution in [0.15, 0.2) is 47.9 Å². The number of hydrogen-bond acceptors (Lipinski definition) is 5. The minimum atomic E-state index is -0.337. The van der Waals surface area contributed by atoms with Gasteiger partial charge in [0.2, 0.25) is 5.91 Å². The zero-order valence-electron chi connectivity index (χ0n) is 14.7. The fourth-order valence-corrected chi connectivity index (χ4v) is 3.54. The second-order valence-corrected chi connectivity index (χ2v) is 7.39. The van der Waals surface area contributed by atoms with E-state index in [4.69, 9.17) is 0 Å². The van der Waals surface area contributed by atoms with Gasteiger partial charge in [0.25, 0.3) is 0 Å². The van der Waals surface area contributed by atoms with E-state index in [0.717, 1.165) is 29.4 Å². The van der Waals surface area contributed by atoms with Crippen LogP contribution in [0, 0.1) is 12.7 Å². The summed E-state index contributed by atoms with van der Waals surface area (Å²) in [4.78, 5) is 16.3. The van der Waals surface area contributed by atoms with Gasteiger partial charge in [-0.25, -0.2) is 4.39 Å². The SMILES string of the molecule is Cc1ccc(NC(=O)CSc2nnc(-c3ccncc3)n2C2CC2)cc1F. The lowest BCUT2D eigenvalue weighted by molar-refractivity contribution is -0.113. The first kappa shape index (κ1) is 17.7. The summed E-state index contributed by atoms with van der Waals surface area (Å²) in [5.41, 5.74) is 1.95. The lowest BCUT2D eigenvalue weighted by Crippen LogP contribution is -2.15. The number of halogens is 1. The van der Waals surface area contributed by atoms with E-state index in [0.29, 0.717) is 17.3 Å². The Bertz CT molecular complexity index is 971. The molecule has 0 radical (unpaired) electrons. The van der Waals surface area contributed by atoms with Gasteiger partial charge in [-0.15, -0.1) is 10.2 Å². The average molecular weight is 383 g/mol. The molecular weight excluding hydrogens is 365 g/mol. The van der Waals surface area contributed by atoms with Crippen LogP contribution in [0.5, 0.6) is 0 Å². The number of pyridine rings is 1. The van der Waals surface area contributed by atoms with Crippen molar-refractivity contribution in [2.45, 2.75) is 31.0 Å². The van der Waals surface area contributed by atoms with Gasteiger partial charge in [-0.2, -0.15) is 0 Å². The van der Waals surface area contributed by atoms with Crippen molar-refractivity contribution in [1.82, 2.24) is 19.7 Å². The molecule has 1 aromatic carbocycles. The number of rotatable bonds is 6. The molecule has 1 N–H and O–H groups in total. The molecule has 0 aliphatic heterocycles. The van der Waals surface area contributed by atoms with Crippen LogP contribution in [-0.4, -0.2) is 31.4 Å². The number of carbonyl (C=O) groups is 1. The van der Waals surface area contributed by atoms with Crippen LogP contribution >= 0.6 is 11.8 Å². The van der Waals surface area contributed by atoms with Crippen molar-refractivity contribution in [2.24, 2.45) is 0 Å². The minimum absolute atomic E-state index is 0.177. The van der Waals surface area contributed by atoms with Crippen LogP contribution in [0.25, 0.3) is 11.4 Å². The monoisotopic (exact) mass is 383 g/mol. The molecule has 2 aromatic heterocycles. The van der Waals surface area contributed by atoms with E-state index in [-0.39, 0.29) is 17.5 Å². The summed E-state index contributed by atoms with van der Waals surface area (Å²) in [6.07, 6.45) is 5.61. The molecule has 2 heterocycles. The fourth-order valence-electron chi connectivity index (χ4n) is 2.73. The number of anilines is 1. The third-order valence-electron chi connectivity index (χ3n) is 4.30. The number of benzene rings is 1. The van der Waals surface area contributed by atoms with Crippen molar-refractivity contribution in [1.29, 1.82) is 0 Å². The smallest absolute Gasteiger partial charge is 0.234 e. The van der Waals surface area contributed by atoms with E-state index < -0.39 is 0 Å². The van der Waals surface area contributed by atoms with Crippen molar-refractivity contribution in [3.63, 3.8) is 0 Å². The van der Waals surface area contributed by atoms with Gasteiger partial charge in [-0.3, -0.25) is 14.3 Å². The topological polar surface area (TPSA) is 72.7 Å². The molecule has 4 rings (SSSR count). The number of carbonyl (C=O) groups excluding carboxylic acids is 1. The van der Waals surface area contributed by atoms with E-state index >= 15 is 0 Å². The van der Waals surface area contributed by atoms with E-state index in [1.165, 1.54) is 17.8 Å². The molecule has 1 aliphatic carbocycles. The van der Waals surface area contributed by atoms with E-state index in [9.17, 15) is 9.18 Å². The standard InChI is InChI=1S/C19H18FN5OS/c1-12-2-3-14(10-16(12)20)22-17(26)11-27-19-24-23-18(25(19)15-4-5-15)13-6-8-21-9-7-13/h2-3,6-10,15H,4-5,11H2,1H3,(H,22,26). The molecule has 0 saturated heterocycles. The highest BCUT2D eigenvalue weighted by Crippen LogP contribution is 2.40. The maximum atomic E-state index is 13.6. The van der Waals surface area contributed by atoms with E-state index in [2.05, 4.69) is 25.1 Å². The molecule has 0 spiro atoms. The molecule has 0 atom stereocenters. The Balaban J connectivity index is 1.46. The fraction of sp³-hybridized carbons (Fsp3) is 0.263. The molecule has 0 unspecified atom stereocenters.